The maximum Gasteiger partial charge on any atom is 0.243 e. The van der Waals surface area contributed by atoms with Gasteiger partial charge in [0.1, 0.15) is 6.04 Å². The number of nitrogens with one attached hydrogen (secondary N) is 1. The van der Waals surface area contributed by atoms with Gasteiger partial charge in [-0.25, -0.2) is 8.42 Å². The Bertz CT molecular complexity index is 1400. The molecule has 0 aliphatic heterocycles. The van der Waals surface area contributed by atoms with Crippen molar-refractivity contribution >= 4 is 50.7 Å². The fraction of sp³-hybridized carbons (Fsp3) is 0.355. The fourth-order valence-electron chi connectivity index (χ4n) is 4.42. The number of sulfonamides is 1. The summed E-state index contributed by atoms with van der Waals surface area (Å²) in [6.45, 7) is 4.78. The molecule has 0 aliphatic carbocycles. The van der Waals surface area contributed by atoms with Crippen LogP contribution in [-0.4, -0.2) is 50.5 Å². The summed E-state index contributed by atoms with van der Waals surface area (Å²) in [6, 6.07) is 22.5. The van der Waals surface area contributed by atoms with Crippen LogP contribution >= 0.6 is 23.2 Å². The van der Waals surface area contributed by atoms with E-state index in [0.717, 1.165) is 17.4 Å². The largest absolute Gasteiger partial charge is 0.354 e. The minimum Gasteiger partial charge on any atom is -0.354 e. The van der Waals surface area contributed by atoms with Gasteiger partial charge in [0.2, 0.25) is 21.8 Å². The predicted molar refractivity (Wildman–Crippen MR) is 167 cm³/mol. The van der Waals surface area contributed by atoms with Crippen LogP contribution in [0.5, 0.6) is 0 Å². The lowest BCUT2D eigenvalue weighted by molar-refractivity contribution is -0.141. The lowest BCUT2D eigenvalue weighted by Crippen LogP contribution is -2.51. The molecule has 3 aromatic carbocycles. The van der Waals surface area contributed by atoms with Crippen LogP contribution in [0.25, 0.3) is 0 Å². The number of carbonyl (C=O) groups is 2. The zero-order valence-electron chi connectivity index (χ0n) is 23.6. The monoisotopic (exact) mass is 617 g/mol. The average molecular weight is 619 g/mol. The first-order valence-electron chi connectivity index (χ1n) is 13.5. The molecule has 7 nitrogen and oxygen atoms in total. The first-order chi connectivity index (χ1) is 19.4. The summed E-state index contributed by atoms with van der Waals surface area (Å²) in [7, 11) is -3.60. The molecule has 1 atom stereocenters. The SMILES string of the molecule is CC(C)CNC(=O)[C@@H](Cc1ccccc1)N(Cc1cccc(Cl)c1)C(=O)CCCN(c1ccc(Cl)cc1)S(C)(=O)=O. The second-order valence-corrected chi connectivity index (χ2v) is 13.2. The van der Waals surface area contributed by atoms with Crippen LogP contribution in [0.4, 0.5) is 5.69 Å². The molecule has 0 bridgehead atoms. The lowest BCUT2D eigenvalue weighted by Gasteiger charge is -2.32. The number of halogens is 2. The number of amides is 2. The van der Waals surface area contributed by atoms with Crippen molar-refractivity contribution in [2.24, 2.45) is 5.92 Å². The third-order valence-corrected chi connectivity index (χ3v) is 8.15. The maximum absolute atomic E-state index is 13.8. The molecule has 41 heavy (non-hydrogen) atoms. The molecule has 0 aliphatic rings. The smallest absolute Gasteiger partial charge is 0.243 e. The van der Waals surface area contributed by atoms with Crippen molar-refractivity contribution in [2.45, 2.75) is 45.7 Å². The Morgan fingerprint density at radius 3 is 2.15 bits per heavy atom. The topological polar surface area (TPSA) is 86.8 Å². The zero-order valence-corrected chi connectivity index (χ0v) is 25.9. The Morgan fingerprint density at radius 2 is 1.54 bits per heavy atom. The van der Waals surface area contributed by atoms with Gasteiger partial charge in [-0.3, -0.25) is 13.9 Å². The van der Waals surface area contributed by atoms with Gasteiger partial charge in [-0.05, 0) is 59.9 Å². The van der Waals surface area contributed by atoms with Crippen molar-refractivity contribution in [3.05, 3.63) is 100 Å². The highest BCUT2D eigenvalue weighted by molar-refractivity contribution is 7.92. The van der Waals surface area contributed by atoms with E-state index in [-0.39, 0.29) is 43.7 Å². The maximum atomic E-state index is 13.8. The molecule has 0 radical (unpaired) electrons. The first kappa shape index (κ1) is 32.4. The van der Waals surface area contributed by atoms with Gasteiger partial charge in [-0.1, -0.05) is 79.5 Å². The van der Waals surface area contributed by atoms with E-state index in [9.17, 15) is 18.0 Å². The molecule has 0 saturated heterocycles. The quantitative estimate of drug-likeness (QED) is 0.242. The van der Waals surface area contributed by atoms with Gasteiger partial charge in [0.15, 0.2) is 0 Å². The van der Waals surface area contributed by atoms with Crippen LogP contribution < -0.4 is 9.62 Å². The summed E-state index contributed by atoms with van der Waals surface area (Å²) >= 11 is 12.2. The number of carbonyl (C=O) groups excluding carboxylic acids is 2. The van der Waals surface area contributed by atoms with Crippen molar-refractivity contribution in [1.29, 1.82) is 0 Å². The van der Waals surface area contributed by atoms with E-state index in [0.29, 0.717) is 28.7 Å². The van der Waals surface area contributed by atoms with E-state index in [1.807, 2.05) is 56.3 Å². The minimum absolute atomic E-state index is 0.0446. The van der Waals surface area contributed by atoms with Crippen molar-refractivity contribution < 1.29 is 18.0 Å². The molecule has 0 fully saturated rings. The summed E-state index contributed by atoms with van der Waals surface area (Å²) in [5.74, 6) is -0.254. The van der Waals surface area contributed by atoms with E-state index in [4.69, 9.17) is 23.2 Å². The highest BCUT2D eigenvalue weighted by Crippen LogP contribution is 2.22. The molecule has 1 N–H and O–H groups in total. The van der Waals surface area contributed by atoms with Gasteiger partial charge in [-0.15, -0.1) is 0 Å². The molecule has 3 rings (SSSR count). The van der Waals surface area contributed by atoms with Crippen LogP contribution in [0.15, 0.2) is 78.9 Å². The van der Waals surface area contributed by atoms with Crippen LogP contribution in [0.1, 0.15) is 37.8 Å². The van der Waals surface area contributed by atoms with Gasteiger partial charge in [0.25, 0.3) is 0 Å². The lowest BCUT2D eigenvalue weighted by atomic mass is 10.0. The number of nitrogens with zero attached hydrogens (tertiary/aromatic N) is 2. The number of hydrogen-bond acceptors (Lipinski definition) is 4. The summed E-state index contributed by atoms with van der Waals surface area (Å²) in [5, 5.41) is 4.03. The molecule has 10 heteroatoms. The molecule has 3 aromatic rings. The Balaban J connectivity index is 1.87. The second kappa shape index (κ2) is 15.2. The van der Waals surface area contributed by atoms with E-state index in [2.05, 4.69) is 5.32 Å². The number of anilines is 1. The number of benzene rings is 3. The van der Waals surface area contributed by atoms with Crippen LogP contribution in [0, 0.1) is 5.92 Å². The van der Waals surface area contributed by atoms with Crippen molar-refractivity contribution in [2.75, 3.05) is 23.7 Å². The van der Waals surface area contributed by atoms with Crippen LogP contribution in [0.3, 0.4) is 0 Å². The molecular weight excluding hydrogens is 581 g/mol. The van der Waals surface area contributed by atoms with Crippen molar-refractivity contribution in [3.8, 4) is 0 Å². The third kappa shape index (κ3) is 10.4. The standard InChI is InChI=1S/C31H37Cl2N3O4S/c1-23(2)21-34-31(38)29(20-24-9-5-4-6-10-24)35(22-25-11-7-12-27(33)19-25)30(37)13-8-18-36(41(3,39)40)28-16-14-26(32)15-17-28/h4-7,9-12,14-17,19,23,29H,8,13,18,20-22H2,1-3H3,(H,34,38)/t29-/m1/s1. The molecule has 0 unspecified atom stereocenters. The van der Waals surface area contributed by atoms with Gasteiger partial charge in [0.05, 0.1) is 11.9 Å². The molecule has 0 saturated carbocycles. The minimum atomic E-state index is -3.60. The first-order valence-corrected chi connectivity index (χ1v) is 16.1. The number of rotatable bonds is 14. The van der Waals surface area contributed by atoms with Crippen molar-refractivity contribution in [3.63, 3.8) is 0 Å². The Morgan fingerprint density at radius 1 is 0.878 bits per heavy atom. The second-order valence-electron chi connectivity index (χ2n) is 10.4. The Hall–Kier alpha value is -3.07. The molecule has 0 heterocycles. The Labute approximate surface area is 253 Å². The highest BCUT2D eigenvalue weighted by atomic mass is 35.5. The summed E-state index contributed by atoms with van der Waals surface area (Å²) in [6.07, 6.45) is 1.76. The van der Waals surface area contributed by atoms with Crippen LogP contribution in [0.2, 0.25) is 10.0 Å². The van der Waals surface area contributed by atoms with E-state index < -0.39 is 16.1 Å². The fourth-order valence-corrected chi connectivity index (χ4v) is 5.72. The van der Waals surface area contributed by atoms with Gasteiger partial charge in [0, 0.05) is 42.5 Å². The number of hydrogen-bond donors (Lipinski definition) is 1. The average Bonchev–Trinajstić information content (AvgIpc) is 2.92. The summed E-state index contributed by atoms with van der Waals surface area (Å²) < 4.78 is 26.4. The van der Waals surface area contributed by atoms with Gasteiger partial charge in [-0.2, -0.15) is 0 Å². The predicted octanol–water partition coefficient (Wildman–Crippen LogP) is 5.95. The normalized spacial score (nSPS) is 12.1. The third-order valence-electron chi connectivity index (χ3n) is 6.46. The summed E-state index contributed by atoms with van der Waals surface area (Å²) in [4.78, 5) is 29.0. The highest BCUT2D eigenvalue weighted by Gasteiger charge is 2.30. The Kier molecular flexibility index (Phi) is 12.1. The molecule has 2 amide bonds. The molecule has 0 spiro atoms. The molecular formula is C31H37Cl2N3O4S. The van der Waals surface area contributed by atoms with E-state index in [1.165, 1.54) is 4.31 Å². The van der Waals surface area contributed by atoms with E-state index in [1.54, 1.807) is 41.3 Å². The van der Waals surface area contributed by atoms with Gasteiger partial charge >= 0.3 is 0 Å². The molecule has 0 aromatic heterocycles. The summed E-state index contributed by atoms with van der Waals surface area (Å²) in [5.41, 5.74) is 2.18. The van der Waals surface area contributed by atoms with E-state index >= 15 is 0 Å². The van der Waals surface area contributed by atoms with Gasteiger partial charge < -0.3 is 10.2 Å². The molecule has 220 valence electrons. The van der Waals surface area contributed by atoms with Crippen molar-refractivity contribution in [1.82, 2.24) is 10.2 Å². The van der Waals surface area contributed by atoms with Crippen LogP contribution in [-0.2, 0) is 32.6 Å². The zero-order chi connectivity index (χ0) is 30.0.